The number of ether oxygens (including phenoxy) is 1. The number of esters is 1. The van der Waals surface area contributed by atoms with Gasteiger partial charge in [-0.1, -0.05) is 32.8 Å². The summed E-state index contributed by atoms with van der Waals surface area (Å²) in [6.45, 7) is 10.1. The highest BCUT2D eigenvalue weighted by atomic mass is 16.5. The number of carbonyl (C=O) groups excluding carboxylic acids is 4. The number of carbonyl (C=O) groups is 4. The molecule has 0 aromatic carbocycles. The molecule has 1 aliphatic rings. The number of Topliss-reactive ketones (excluding diaryl/α,β-unsaturated/α-hetero) is 2. The standard InChI is InChI=1S/C24H41N5O5/c1-5-23(33)34-18-19-16-29(14-13-28(19)17-21(31)15-24(2,3)4)22(32)11-8-10-20(30)9-6-7-12-26-27-25/h19H,5-18H2,1-4H3. The molecule has 1 rings (SSSR count). The monoisotopic (exact) mass is 479 g/mol. The number of azide groups is 1. The van der Waals surface area contributed by atoms with E-state index in [9.17, 15) is 19.2 Å². The predicted octanol–water partition coefficient (Wildman–Crippen LogP) is 3.68. The zero-order valence-corrected chi connectivity index (χ0v) is 21.3. The van der Waals surface area contributed by atoms with Crippen LogP contribution in [-0.2, 0) is 23.9 Å². The molecule has 0 aliphatic carbocycles. The Balaban J connectivity index is 2.54. The minimum Gasteiger partial charge on any atom is -0.464 e. The second kappa shape index (κ2) is 15.5. The molecule has 0 aromatic rings. The van der Waals surface area contributed by atoms with Crippen LogP contribution in [0.5, 0.6) is 0 Å². The molecule has 0 bridgehead atoms. The molecule has 1 amide bonds. The molecule has 1 fully saturated rings. The summed E-state index contributed by atoms with van der Waals surface area (Å²) in [7, 11) is 0. The molecule has 0 aromatic heterocycles. The zero-order valence-electron chi connectivity index (χ0n) is 21.3. The first kappa shape index (κ1) is 29.6. The molecular formula is C24H41N5O5. The molecule has 0 saturated carbocycles. The van der Waals surface area contributed by atoms with E-state index in [1.54, 1.807) is 11.8 Å². The fourth-order valence-corrected chi connectivity index (χ4v) is 3.92. The molecule has 1 saturated heterocycles. The van der Waals surface area contributed by atoms with Crippen LogP contribution in [0.1, 0.15) is 79.1 Å². The third-order valence-corrected chi connectivity index (χ3v) is 5.66. The van der Waals surface area contributed by atoms with E-state index >= 15 is 0 Å². The Morgan fingerprint density at radius 1 is 1.03 bits per heavy atom. The summed E-state index contributed by atoms with van der Waals surface area (Å²) in [6, 6.07) is -0.227. The number of amides is 1. The molecule has 0 spiro atoms. The number of nitrogens with zero attached hydrogens (tertiary/aromatic N) is 5. The predicted molar refractivity (Wildman–Crippen MR) is 129 cm³/mol. The van der Waals surface area contributed by atoms with E-state index in [1.165, 1.54) is 0 Å². The van der Waals surface area contributed by atoms with Crippen LogP contribution in [-0.4, -0.2) is 78.6 Å². The van der Waals surface area contributed by atoms with Gasteiger partial charge >= 0.3 is 5.97 Å². The van der Waals surface area contributed by atoms with Crippen LogP contribution in [0.25, 0.3) is 10.4 Å². The number of unbranched alkanes of at least 4 members (excludes halogenated alkanes) is 1. The van der Waals surface area contributed by atoms with Gasteiger partial charge in [0.25, 0.3) is 0 Å². The van der Waals surface area contributed by atoms with Crippen molar-refractivity contribution in [3.63, 3.8) is 0 Å². The zero-order chi connectivity index (χ0) is 25.6. The number of hydrogen-bond acceptors (Lipinski definition) is 7. The molecule has 1 atom stereocenters. The summed E-state index contributed by atoms with van der Waals surface area (Å²) in [5.74, 6) is -0.0803. The lowest BCUT2D eigenvalue weighted by atomic mass is 9.89. The normalized spacial score (nSPS) is 16.6. The van der Waals surface area contributed by atoms with Crippen molar-refractivity contribution >= 4 is 23.4 Å². The van der Waals surface area contributed by atoms with E-state index in [-0.39, 0.29) is 60.9 Å². The van der Waals surface area contributed by atoms with E-state index < -0.39 is 0 Å². The van der Waals surface area contributed by atoms with Gasteiger partial charge in [0, 0.05) is 63.2 Å². The Kier molecular flexibility index (Phi) is 13.4. The molecule has 34 heavy (non-hydrogen) atoms. The van der Waals surface area contributed by atoms with Crippen LogP contribution >= 0.6 is 0 Å². The fraction of sp³-hybridized carbons (Fsp3) is 0.833. The third-order valence-electron chi connectivity index (χ3n) is 5.66. The van der Waals surface area contributed by atoms with E-state index in [0.29, 0.717) is 64.7 Å². The highest BCUT2D eigenvalue weighted by Crippen LogP contribution is 2.20. The maximum atomic E-state index is 12.7. The average molecular weight is 480 g/mol. The van der Waals surface area contributed by atoms with Crippen molar-refractivity contribution in [3.8, 4) is 0 Å². The van der Waals surface area contributed by atoms with Crippen molar-refractivity contribution < 1.29 is 23.9 Å². The first-order valence-electron chi connectivity index (χ1n) is 12.3. The van der Waals surface area contributed by atoms with E-state index in [4.69, 9.17) is 10.3 Å². The Morgan fingerprint density at radius 2 is 1.74 bits per heavy atom. The van der Waals surface area contributed by atoms with E-state index in [2.05, 4.69) is 10.0 Å². The molecule has 1 heterocycles. The van der Waals surface area contributed by atoms with Gasteiger partial charge in [-0.05, 0) is 30.2 Å². The van der Waals surface area contributed by atoms with Crippen LogP contribution in [0.4, 0.5) is 0 Å². The SMILES string of the molecule is CCC(=O)OCC1CN(C(=O)CCCC(=O)CCCCN=[N+]=[N-])CCN1CC(=O)CC(C)(C)C. The molecule has 0 N–H and O–H groups in total. The number of ketones is 2. The van der Waals surface area contributed by atoms with Crippen molar-refractivity contribution in [3.05, 3.63) is 10.4 Å². The molecule has 1 aliphatic heterocycles. The average Bonchev–Trinajstić information content (AvgIpc) is 2.76. The highest BCUT2D eigenvalue weighted by molar-refractivity contribution is 5.81. The fourth-order valence-electron chi connectivity index (χ4n) is 3.92. The number of rotatable bonds is 15. The van der Waals surface area contributed by atoms with Crippen molar-refractivity contribution in [1.29, 1.82) is 0 Å². The Hall–Kier alpha value is -2.45. The van der Waals surface area contributed by atoms with Gasteiger partial charge in [-0.3, -0.25) is 24.1 Å². The van der Waals surface area contributed by atoms with Crippen molar-refractivity contribution in [2.45, 2.75) is 85.1 Å². The van der Waals surface area contributed by atoms with Crippen LogP contribution in [0.3, 0.4) is 0 Å². The summed E-state index contributed by atoms with van der Waals surface area (Å²) in [5, 5.41) is 3.45. The van der Waals surface area contributed by atoms with E-state index in [1.807, 2.05) is 25.7 Å². The lowest BCUT2D eigenvalue weighted by Gasteiger charge is -2.41. The maximum absolute atomic E-state index is 12.7. The third kappa shape index (κ3) is 12.7. The highest BCUT2D eigenvalue weighted by Gasteiger charge is 2.32. The lowest BCUT2D eigenvalue weighted by molar-refractivity contribution is -0.147. The summed E-state index contributed by atoms with van der Waals surface area (Å²) >= 11 is 0. The Morgan fingerprint density at radius 3 is 2.38 bits per heavy atom. The lowest BCUT2D eigenvalue weighted by Crippen LogP contribution is -2.57. The van der Waals surface area contributed by atoms with Gasteiger partial charge in [0.05, 0.1) is 12.6 Å². The van der Waals surface area contributed by atoms with Gasteiger partial charge in [-0.15, -0.1) is 0 Å². The smallest absolute Gasteiger partial charge is 0.305 e. The van der Waals surface area contributed by atoms with Crippen molar-refractivity contribution in [2.24, 2.45) is 10.5 Å². The quantitative estimate of drug-likeness (QED) is 0.116. The number of hydrogen-bond donors (Lipinski definition) is 0. The van der Waals surface area contributed by atoms with Crippen LogP contribution in [0.15, 0.2) is 5.11 Å². The first-order chi connectivity index (χ1) is 16.1. The molecule has 10 heteroatoms. The molecule has 192 valence electrons. The number of piperazine rings is 1. The van der Waals surface area contributed by atoms with Crippen LogP contribution < -0.4 is 0 Å². The minimum atomic E-state index is -0.303. The topological polar surface area (TPSA) is 133 Å². The van der Waals surface area contributed by atoms with Crippen LogP contribution in [0, 0.1) is 5.41 Å². The molecule has 0 radical (unpaired) electrons. The second-order valence-electron chi connectivity index (χ2n) is 10.1. The van der Waals surface area contributed by atoms with Crippen molar-refractivity contribution in [1.82, 2.24) is 9.80 Å². The largest absolute Gasteiger partial charge is 0.464 e. The molecule has 1 unspecified atom stereocenters. The minimum absolute atomic E-state index is 0.0244. The maximum Gasteiger partial charge on any atom is 0.305 e. The van der Waals surface area contributed by atoms with Gasteiger partial charge in [0.15, 0.2) is 0 Å². The van der Waals surface area contributed by atoms with Gasteiger partial charge < -0.3 is 9.64 Å². The second-order valence-corrected chi connectivity index (χ2v) is 10.1. The molecular weight excluding hydrogens is 438 g/mol. The summed E-state index contributed by atoms with van der Waals surface area (Å²) in [5.41, 5.74) is 8.15. The Labute approximate surface area is 203 Å². The summed E-state index contributed by atoms with van der Waals surface area (Å²) in [4.78, 5) is 55.4. The van der Waals surface area contributed by atoms with Gasteiger partial charge in [0.1, 0.15) is 18.2 Å². The van der Waals surface area contributed by atoms with Crippen molar-refractivity contribution in [2.75, 3.05) is 39.3 Å². The van der Waals surface area contributed by atoms with Gasteiger partial charge in [-0.2, -0.15) is 0 Å². The summed E-state index contributed by atoms with van der Waals surface area (Å²) in [6.07, 6.45) is 3.67. The summed E-state index contributed by atoms with van der Waals surface area (Å²) < 4.78 is 5.35. The van der Waals surface area contributed by atoms with E-state index in [0.717, 1.165) is 0 Å². The Bertz CT molecular complexity index is 743. The van der Waals surface area contributed by atoms with Gasteiger partial charge in [0.2, 0.25) is 5.91 Å². The van der Waals surface area contributed by atoms with Crippen LogP contribution in [0.2, 0.25) is 0 Å². The van der Waals surface area contributed by atoms with Gasteiger partial charge in [-0.25, -0.2) is 0 Å². The first-order valence-corrected chi connectivity index (χ1v) is 12.3. The molecule has 10 nitrogen and oxygen atoms in total.